The summed E-state index contributed by atoms with van der Waals surface area (Å²) in [5.74, 6) is 0.392. The van der Waals surface area contributed by atoms with Crippen molar-refractivity contribution in [3.8, 4) is 11.3 Å². The van der Waals surface area contributed by atoms with Crippen molar-refractivity contribution in [3.05, 3.63) is 42.3 Å². The van der Waals surface area contributed by atoms with Crippen LogP contribution in [0.25, 0.3) is 22.2 Å². The Morgan fingerprint density at radius 1 is 1.27 bits per heavy atom. The van der Waals surface area contributed by atoms with E-state index in [1.54, 1.807) is 31.3 Å². The van der Waals surface area contributed by atoms with Crippen LogP contribution in [0.3, 0.4) is 0 Å². The van der Waals surface area contributed by atoms with E-state index < -0.39 is 44.9 Å². The molecule has 3 heterocycles. The molecule has 1 fully saturated rings. The van der Waals surface area contributed by atoms with Crippen LogP contribution < -0.4 is 0 Å². The lowest BCUT2D eigenvalue weighted by molar-refractivity contribution is -0.120. The van der Waals surface area contributed by atoms with Crippen LogP contribution in [-0.2, 0) is 16.0 Å². The predicted octanol–water partition coefficient (Wildman–Crippen LogP) is 2.04. The van der Waals surface area contributed by atoms with Crippen molar-refractivity contribution in [3.63, 3.8) is 0 Å². The number of morpholine rings is 1. The largest absolute Gasteiger partial charge is 0.441 e. The minimum absolute atomic E-state index is 0.0869. The number of hydrogen-bond acceptors (Lipinski definition) is 7. The maximum atomic E-state index is 12.7. The highest BCUT2D eigenvalue weighted by atomic mass is 16.5. The molecule has 7 nitrogen and oxygen atoms in total. The second-order valence-electron chi connectivity index (χ2n) is 5.63. The first-order chi connectivity index (χ1) is 15.6. The summed E-state index contributed by atoms with van der Waals surface area (Å²) in [6.07, 6.45) is 2.67. The highest BCUT2D eigenvalue weighted by Crippen LogP contribution is 2.24. The van der Waals surface area contributed by atoms with E-state index in [9.17, 15) is 4.79 Å². The van der Waals surface area contributed by atoms with Gasteiger partial charge in [0, 0.05) is 42.5 Å². The van der Waals surface area contributed by atoms with Gasteiger partial charge in [-0.15, -0.1) is 0 Å². The highest BCUT2D eigenvalue weighted by Gasteiger charge is 2.15. The zero-order chi connectivity index (χ0) is 25.1. The van der Waals surface area contributed by atoms with Crippen molar-refractivity contribution >= 4 is 16.7 Å². The fourth-order valence-corrected chi connectivity index (χ4v) is 2.49. The van der Waals surface area contributed by atoms with Crippen LogP contribution in [0, 0.1) is 6.92 Å². The Bertz CT molecular complexity index is 1240. The molecule has 2 aromatic heterocycles. The maximum absolute atomic E-state index is 12.7. The minimum atomic E-state index is -3.21. The molecule has 7 heteroatoms. The van der Waals surface area contributed by atoms with E-state index in [2.05, 4.69) is 19.7 Å². The number of carbonyl (C=O) groups is 1. The average molecular weight is 360 g/mol. The number of ether oxygens (including phenoxy) is 1. The monoisotopic (exact) mass is 360 g/mol. The number of fused-ring (bicyclic) bond motifs is 1. The lowest BCUT2D eigenvalue weighted by Gasteiger charge is -2.25. The lowest BCUT2D eigenvalue weighted by atomic mass is 10.1. The van der Waals surface area contributed by atoms with Crippen molar-refractivity contribution < 1.29 is 24.9 Å². The van der Waals surface area contributed by atoms with Crippen molar-refractivity contribution in [1.82, 2.24) is 19.9 Å². The molecular formula is C19H20N4O3. The number of ketones is 1. The van der Waals surface area contributed by atoms with Gasteiger partial charge < -0.3 is 9.15 Å². The van der Waals surface area contributed by atoms with E-state index in [0.29, 0.717) is 28.1 Å². The Morgan fingerprint density at radius 3 is 2.88 bits per heavy atom. The number of aromatic nitrogens is 3. The third-order valence-corrected chi connectivity index (χ3v) is 3.69. The Morgan fingerprint density at radius 2 is 2.12 bits per heavy atom. The van der Waals surface area contributed by atoms with E-state index in [4.69, 9.17) is 15.4 Å². The van der Waals surface area contributed by atoms with E-state index in [-0.39, 0.29) is 10.7 Å². The molecule has 1 aliphatic rings. The Labute approximate surface area is 162 Å². The second kappa shape index (κ2) is 7.31. The van der Waals surface area contributed by atoms with E-state index in [1.165, 1.54) is 6.20 Å². The molecule has 0 atom stereocenters. The zero-order valence-electron chi connectivity index (χ0n) is 21.8. The molecule has 0 aliphatic carbocycles. The maximum Gasteiger partial charge on any atom is 0.191 e. The third kappa shape index (κ3) is 3.79. The van der Waals surface area contributed by atoms with E-state index in [0.717, 1.165) is 0 Å². The van der Waals surface area contributed by atoms with Gasteiger partial charge in [0.2, 0.25) is 0 Å². The molecule has 26 heavy (non-hydrogen) atoms. The smallest absolute Gasteiger partial charge is 0.191 e. The van der Waals surface area contributed by atoms with Gasteiger partial charge in [0.15, 0.2) is 17.4 Å². The number of hydrogen-bond donors (Lipinski definition) is 0. The summed E-state index contributed by atoms with van der Waals surface area (Å²) >= 11 is 0. The first-order valence-electron chi connectivity index (χ1n) is 11.8. The van der Waals surface area contributed by atoms with Crippen LogP contribution in [0.1, 0.15) is 22.7 Å². The van der Waals surface area contributed by atoms with Crippen molar-refractivity contribution in [2.45, 2.75) is 13.3 Å². The molecule has 0 bridgehead atoms. The molecular weight excluding hydrogens is 332 g/mol. The Kier molecular flexibility index (Phi) is 2.78. The standard InChI is InChI=1S/C19H20N4O3/c1-13-20-11-18(26-13)14-2-3-15-10-21-19(22-17(15)8-14)9-16(24)12-23-4-6-25-7-5-23/h2-3,8,10-11H,4-7,9,12H2,1H3/i4D2,5D2,6D2,7D2. The first-order valence-corrected chi connectivity index (χ1v) is 7.82. The van der Waals surface area contributed by atoms with Crippen LogP contribution in [0.4, 0.5) is 0 Å². The van der Waals surface area contributed by atoms with Gasteiger partial charge in [-0.1, -0.05) is 12.1 Å². The summed E-state index contributed by atoms with van der Waals surface area (Å²) < 4.78 is 72.8. The van der Waals surface area contributed by atoms with Crippen LogP contribution in [0.5, 0.6) is 0 Å². The molecule has 0 saturated carbocycles. The highest BCUT2D eigenvalue weighted by molar-refractivity contribution is 5.84. The molecule has 1 aromatic carbocycles. The van der Waals surface area contributed by atoms with Crippen LogP contribution in [0.2, 0.25) is 0 Å². The molecule has 4 rings (SSSR count). The summed E-state index contributed by atoms with van der Waals surface area (Å²) in [5.41, 5.74) is 1.22. The topological polar surface area (TPSA) is 81.4 Å². The Hall–Kier alpha value is -2.64. The fraction of sp³-hybridized carbons (Fsp3) is 0.368. The van der Waals surface area contributed by atoms with Crippen LogP contribution in [0.15, 0.2) is 35.0 Å². The second-order valence-corrected chi connectivity index (χ2v) is 5.63. The molecule has 0 amide bonds. The van der Waals surface area contributed by atoms with Gasteiger partial charge in [-0.3, -0.25) is 9.69 Å². The van der Waals surface area contributed by atoms with Gasteiger partial charge in [-0.2, -0.15) is 0 Å². The molecule has 0 spiro atoms. The molecule has 134 valence electrons. The van der Waals surface area contributed by atoms with Crippen LogP contribution >= 0.6 is 0 Å². The van der Waals surface area contributed by atoms with Gasteiger partial charge in [0.05, 0.1) is 43.3 Å². The number of nitrogens with zero attached hydrogens (tertiary/aromatic N) is 4. The molecule has 1 saturated heterocycles. The summed E-state index contributed by atoms with van der Waals surface area (Å²) in [7, 11) is 0. The van der Waals surface area contributed by atoms with E-state index >= 15 is 0 Å². The summed E-state index contributed by atoms with van der Waals surface area (Å²) in [4.78, 5) is 25.5. The number of oxazole rings is 1. The van der Waals surface area contributed by atoms with Crippen molar-refractivity contribution in [2.24, 2.45) is 0 Å². The third-order valence-electron chi connectivity index (χ3n) is 3.69. The molecule has 3 aromatic rings. The molecule has 1 aliphatic heterocycles. The predicted molar refractivity (Wildman–Crippen MR) is 95.7 cm³/mol. The average Bonchev–Trinajstić information content (AvgIpc) is 3.16. The Balaban J connectivity index is 1.58. The lowest BCUT2D eigenvalue weighted by Crippen LogP contribution is -2.40. The van der Waals surface area contributed by atoms with Crippen molar-refractivity contribution in [2.75, 3.05) is 32.7 Å². The fourth-order valence-electron chi connectivity index (χ4n) is 2.49. The molecule has 0 radical (unpaired) electrons. The number of aryl methyl sites for hydroxylation is 1. The SMILES string of the molecule is [2H]C1([2H])OC([2H])([2H])C([2H])([2H])N(CC(=O)Cc2ncc3ccc(-c4cnc(C)o4)cc3n2)C1([2H])[2H]. The first kappa shape index (κ1) is 9.89. The summed E-state index contributed by atoms with van der Waals surface area (Å²) in [5, 5.41) is 0.693. The van der Waals surface area contributed by atoms with Gasteiger partial charge >= 0.3 is 0 Å². The van der Waals surface area contributed by atoms with Crippen LogP contribution in [-0.4, -0.2) is 58.3 Å². The van der Waals surface area contributed by atoms with Gasteiger partial charge in [-0.05, 0) is 6.07 Å². The van der Waals surface area contributed by atoms with Gasteiger partial charge in [-0.25, -0.2) is 15.0 Å². The quantitative estimate of drug-likeness (QED) is 0.688. The van der Waals surface area contributed by atoms with Gasteiger partial charge in [0.25, 0.3) is 0 Å². The number of rotatable bonds is 5. The van der Waals surface area contributed by atoms with Gasteiger partial charge in [0.1, 0.15) is 5.82 Å². The minimum Gasteiger partial charge on any atom is -0.441 e. The normalized spacial score (nSPS) is 27.7. The molecule has 0 N–H and O–H groups in total. The zero-order valence-corrected chi connectivity index (χ0v) is 13.8. The summed E-state index contributed by atoms with van der Waals surface area (Å²) in [6, 6.07) is 5.31. The number of benzene rings is 1. The summed E-state index contributed by atoms with van der Waals surface area (Å²) in [6.45, 7) is -11.9. The number of Topliss-reactive ketones (excluding diaryl/α,β-unsaturated/α-hetero) is 1. The number of carbonyl (C=O) groups excluding carboxylic acids is 1. The van der Waals surface area contributed by atoms with Crippen molar-refractivity contribution in [1.29, 1.82) is 0 Å². The van der Waals surface area contributed by atoms with E-state index in [1.807, 2.05) is 0 Å². The molecule has 0 unspecified atom stereocenters.